The second-order valence-corrected chi connectivity index (χ2v) is 10.7. The van der Waals surface area contributed by atoms with Gasteiger partial charge in [0.05, 0.1) is 28.8 Å². The topological polar surface area (TPSA) is 87.7 Å². The lowest BCUT2D eigenvalue weighted by Gasteiger charge is -2.28. The Kier molecular flexibility index (Phi) is 7.44. The molecular formula is C24H27N3O4S2. The molecule has 1 aliphatic rings. The van der Waals surface area contributed by atoms with Gasteiger partial charge in [0, 0.05) is 25.2 Å². The molecule has 1 fully saturated rings. The minimum atomic E-state index is -3.31. The maximum Gasteiger partial charge on any atom is 0.261 e. The summed E-state index contributed by atoms with van der Waals surface area (Å²) in [6, 6.07) is 19.3. The summed E-state index contributed by atoms with van der Waals surface area (Å²) in [7, 11) is -1.91. The van der Waals surface area contributed by atoms with Crippen LogP contribution in [0.3, 0.4) is 0 Å². The first-order chi connectivity index (χ1) is 15.9. The third kappa shape index (κ3) is 6.00. The van der Waals surface area contributed by atoms with Crippen molar-refractivity contribution in [2.24, 2.45) is 0 Å². The molecule has 3 aromatic rings. The van der Waals surface area contributed by atoms with Gasteiger partial charge < -0.3 is 15.0 Å². The van der Waals surface area contributed by atoms with Crippen LogP contribution < -0.4 is 14.9 Å². The molecular weight excluding hydrogens is 458 g/mol. The van der Waals surface area contributed by atoms with E-state index in [-0.39, 0.29) is 11.7 Å². The number of thiophene rings is 1. The number of carbonyl (C=O) groups is 1. The molecule has 1 amide bonds. The number of ether oxygens (including phenoxy) is 1. The Morgan fingerprint density at radius 1 is 1.03 bits per heavy atom. The maximum atomic E-state index is 13.0. The zero-order valence-corrected chi connectivity index (χ0v) is 20.0. The van der Waals surface area contributed by atoms with Crippen LogP contribution in [-0.4, -0.2) is 47.7 Å². The van der Waals surface area contributed by atoms with Crippen LogP contribution in [0.1, 0.15) is 20.8 Å². The number of nitrogens with one attached hydrogen (secondary N) is 2. The number of hydrogen-bond acceptors (Lipinski definition) is 6. The average molecular weight is 486 g/mol. The highest BCUT2D eigenvalue weighted by Crippen LogP contribution is 2.39. The number of nitrogens with zero attached hydrogens (tertiary/aromatic N) is 1. The van der Waals surface area contributed by atoms with Crippen molar-refractivity contribution >= 4 is 32.3 Å². The first-order valence-corrected chi connectivity index (χ1v) is 13.2. The minimum absolute atomic E-state index is 0.0715. The van der Waals surface area contributed by atoms with E-state index in [1.165, 1.54) is 18.4 Å². The largest absolute Gasteiger partial charge is 0.378 e. The van der Waals surface area contributed by atoms with Gasteiger partial charge in [0.2, 0.25) is 10.0 Å². The fourth-order valence-electron chi connectivity index (χ4n) is 3.63. The quantitative estimate of drug-likeness (QED) is 0.512. The van der Waals surface area contributed by atoms with Crippen LogP contribution in [0.25, 0.3) is 11.1 Å². The molecule has 174 valence electrons. The van der Waals surface area contributed by atoms with Gasteiger partial charge in [0.25, 0.3) is 5.91 Å². The Hall–Kier alpha value is -2.72. The van der Waals surface area contributed by atoms with Gasteiger partial charge in [-0.3, -0.25) is 4.79 Å². The molecule has 1 aromatic heterocycles. The first-order valence-electron chi connectivity index (χ1n) is 10.7. The van der Waals surface area contributed by atoms with Gasteiger partial charge in [0.15, 0.2) is 0 Å². The lowest BCUT2D eigenvalue weighted by Crippen LogP contribution is -2.35. The summed E-state index contributed by atoms with van der Waals surface area (Å²) in [5, 5.41) is 4.07. The van der Waals surface area contributed by atoms with Crippen molar-refractivity contribution < 1.29 is 17.9 Å². The normalized spacial score (nSPS) is 14.3. The van der Waals surface area contributed by atoms with Gasteiger partial charge in [-0.25, -0.2) is 13.1 Å². The highest BCUT2D eigenvalue weighted by molar-refractivity contribution is 7.88. The van der Waals surface area contributed by atoms with E-state index in [1.54, 1.807) is 12.1 Å². The van der Waals surface area contributed by atoms with E-state index in [4.69, 9.17) is 4.74 Å². The van der Waals surface area contributed by atoms with Gasteiger partial charge in [-0.15, -0.1) is 11.3 Å². The molecule has 0 atom stereocenters. The summed E-state index contributed by atoms with van der Waals surface area (Å²) in [4.78, 5) is 15.9. The van der Waals surface area contributed by atoms with Crippen LogP contribution >= 0.6 is 11.3 Å². The fraction of sp³-hybridized carbons (Fsp3) is 0.292. The van der Waals surface area contributed by atoms with Crippen molar-refractivity contribution in [3.63, 3.8) is 0 Å². The fourth-order valence-corrected chi connectivity index (χ4v) is 5.56. The molecule has 9 heteroatoms. The number of benzene rings is 2. The number of hydrogen-bond donors (Lipinski definition) is 2. The summed E-state index contributed by atoms with van der Waals surface area (Å²) in [5.74, 6) is -0.198. The third-order valence-corrected chi connectivity index (χ3v) is 7.99. The van der Waals surface area contributed by atoms with Gasteiger partial charge in [-0.05, 0) is 29.8 Å². The monoisotopic (exact) mass is 485 g/mol. The lowest BCUT2D eigenvalue weighted by atomic mass is 10.1. The van der Waals surface area contributed by atoms with E-state index in [1.807, 2.05) is 36.4 Å². The molecule has 0 bridgehead atoms. The molecule has 1 saturated heterocycles. The van der Waals surface area contributed by atoms with Gasteiger partial charge in [0.1, 0.15) is 0 Å². The number of morpholine rings is 1. The van der Waals surface area contributed by atoms with E-state index in [2.05, 4.69) is 27.1 Å². The molecule has 4 rings (SSSR count). The molecule has 0 unspecified atom stereocenters. The van der Waals surface area contributed by atoms with Crippen molar-refractivity contribution in [2.45, 2.75) is 12.3 Å². The molecule has 2 heterocycles. The van der Waals surface area contributed by atoms with Gasteiger partial charge in [-0.2, -0.15) is 0 Å². The van der Waals surface area contributed by atoms with Crippen molar-refractivity contribution in [1.29, 1.82) is 0 Å². The lowest BCUT2D eigenvalue weighted by molar-refractivity contribution is 0.0955. The number of anilines is 1. The smallest absolute Gasteiger partial charge is 0.261 e. The van der Waals surface area contributed by atoms with Crippen molar-refractivity contribution in [1.82, 2.24) is 10.0 Å². The number of sulfonamides is 1. The first kappa shape index (κ1) is 23.4. The van der Waals surface area contributed by atoms with Crippen molar-refractivity contribution in [2.75, 3.05) is 38.3 Å². The standard InChI is InChI=1S/C24H27N3O4S2/c1-25-33(29,30)17-19-9-7-18(8-10-19)16-26-23(28)22-15-21(20-5-3-2-4-6-20)24(32-22)27-11-13-31-14-12-27/h2-10,15,25H,11-14,16-17H2,1H3,(H,26,28). The Bertz CT molecular complexity index is 1190. The summed E-state index contributed by atoms with van der Waals surface area (Å²) in [6.45, 7) is 3.33. The highest BCUT2D eigenvalue weighted by atomic mass is 32.2. The predicted molar refractivity (Wildman–Crippen MR) is 132 cm³/mol. The van der Waals surface area contributed by atoms with E-state index >= 15 is 0 Å². The molecule has 2 N–H and O–H groups in total. The number of amides is 1. The molecule has 0 radical (unpaired) electrons. The van der Waals surface area contributed by atoms with Gasteiger partial charge in [-0.1, -0.05) is 54.6 Å². The van der Waals surface area contributed by atoms with Crippen LogP contribution in [-0.2, 0) is 27.1 Å². The summed E-state index contributed by atoms with van der Waals surface area (Å²) < 4.78 is 31.2. The molecule has 7 nitrogen and oxygen atoms in total. The van der Waals surface area contributed by atoms with Gasteiger partial charge >= 0.3 is 0 Å². The van der Waals surface area contributed by atoms with Crippen LogP contribution in [0.2, 0.25) is 0 Å². The van der Waals surface area contributed by atoms with Crippen molar-refractivity contribution in [3.8, 4) is 11.1 Å². The Morgan fingerprint density at radius 2 is 1.70 bits per heavy atom. The molecule has 0 aliphatic carbocycles. The van der Waals surface area contributed by atoms with Crippen LogP contribution in [0.5, 0.6) is 0 Å². The van der Waals surface area contributed by atoms with E-state index in [0.717, 1.165) is 34.8 Å². The van der Waals surface area contributed by atoms with Crippen LogP contribution in [0.15, 0.2) is 60.7 Å². The van der Waals surface area contributed by atoms with E-state index in [0.29, 0.717) is 30.2 Å². The van der Waals surface area contributed by atoms with E-state index in [9.17, 15) is 13.2 Å². The zero-order valence-electron chi connectivity index (χ0n) is 18.4. The Balaban J connectivity index is 1.47. The SMILES string of the molecule is CNS(=O)(=O)Cc1ccc(CNC(=O)c2cc(-c3ccccc3)c(N3CCOCC3)s2)cc1. The van der Waals surface area contributed by atoms with Crippen molar-refractivity contribution in [3.05, 3.63) is 76.7 Å². The highest BCUT2D eigenvalue weighted by Gasteiger charge is 2.22. The maximum absolute atomic E-state index is 13.0. The number of rotatable bonds is 8. The molecule has 0 saturated carbocycles. The summed E-state index contributed by atoms with van der Waals surface area (Å²) in [5.41, 5.74) is 3.74. The van der Waals surface area contributed by atoms with Crippen LogP contribution in [0, 0.1) is 0 Å². The molecule has 0 spiro atoms. The molecule has 33 heavy (non-hydrogen) atoms. The Labute approximate surface area is 198 Å². The second kappa shape index (κ2) is 10.5. The second-order valence-electron chi connectivity index (χ2n) is 7.76. The zero-order chi connectivity index (χ0) is 23.3. The minimum Gasteiger partial charge on any atom is -0.378 e. The van der Waals surface area contributed by atoms with Crippen LogP contribution in [0.4, 0.5) is 5.00 Å². The Morgan fingerprint density at radius 3 is 2.36 bits per heavy atom. The number of carbonyl (C=O) groups excluding carboxylic acids is 1. The summed E-state index contributed by atoms with van der Waals surface area (Å²) in [6.07, 6.45) is 0. The average Bonchev–Trinajstić information content (AvgIpc) is 3.30. The third-order valence-electron chi connectivity index (χ3n) is 5.46. The van der Waals surface area contributed by atoms with E-state index < -0.39 is 10.0 Å². The summed E-state index contributed by atoms with van der Waals surface area (Å²) >= 11 is 1.50. The predicted octanol–water partition coefficient (Wildman–Crippen LogP) is 3.23. The molecule has 2 aromatic carbocycles. The molecule has 1 aliphatic heterocycles.